The molecule has 0 heterocycles. The molecular weight excluding hydrogens is 290 g/mol. The van der Waals surface area contributed by atoms with E-state index in [1.54, 1.807) is 0 Å². The van der Waals surface area contributed by atoms with Crippen LogP contribution >= 0.6 is 0 Å². The predicted molar refractivity (Wildman–Crippen MR) is 78.8 cm³/mol. The van der Waals surface area contributed by atoms with Gasteiger partial charge < -0.3 is 15.8 Å². The van der Waals surface area contributed by atoms with Gasteiger partial charge in [-0.3, -0.25) is 4.79 Å². The first-order valence-corrected chi connectivity index (χ1v) is 7.52. The number of carbonyl (C=O) groups excluding carboxylic acids is 1. The Morgan fingerprint density at radius 3 is 2.68 bits per heavy atom. The molecule has 1 saturated carbocycles. The Bertz CT molecular complexity index is 519. The number of rotatable bonds is 4. The van der Waals surface area contributed by atoms with Gasteiger partial charge in [0.2, 0.25) is 5.91 Å². The molecule has 2 atom stereocenters. The van der Waals surface area contributed by atoms with Crippen LogP contribution < -0.4 is 11.1 Å². The lowest BCUT2D eigenvalue weighted by Crippen LogP contribution is -2.54. The first-order chi connectivity index (χ1) is 10.4. The van der Waals surface area contributed by atoms with Crippen molar-refractivity contribution in [2.45, 2.75) is 57.4 Å². The first-order valence-electron chi connectivity index (χ1n) is 7.52. The molecule has 1 aliphatic rings. The van der Waals surface area contributed by atoms with Gasteiger partial charge in [0.05, 0.1) is 18.4 Å². The van der Waals surface area contributed by atoms with Crippen LogP contribution in [0, 0.1) is 11.6 Å². The summed E-state index contributed by atoms with van der Waals surface area (Å²) in [5.74, 6) is -1.35. The average molecular weight is 312 g/mol. The van der Waals surface area contributed by atoms with Crippen molar-refractivity contribution in [3.63, 3.8) is 0 Å². The topological polar surface area (TPSA) is 64.4 Å². The van der Waals surface area contributed by atoms with Gasteiger partial charge in [-0.1, -0.05) is 6.07 Å². The summed E-state index contributed by atoms with van der Waals surface area (Å²) in [6, 6.07) is 3.77. The van der Waals surface area contributed by atoms with E-state index in [4.69, 9.17) is 10.5 Å². The molecule has 122 valence electrons. The molecule has 4 nitrogen and oxygen atoms in total. The number of ether oxygens (including phenoxy) is 1. The molecule has 0 bridgehead atoms. The molecule has 0 spiro atoms. The van der Waals surface area contributed by atoms with Crippen molar-refractivity contribution in [1.29, 1.82) is 0 Å². The summed E-state index contributed by atoms with van der Waals surface area (Å²) in [7, 11) is 0. The minimum Gasteiger partial charge on any atom is -0.373 e. The zero-order chi connectivity index (χ0) is 16.2. The van der Waals surface area contributed by atoms with Gasteiger partial charge in [-0.15, -0.1) is 0 Å². The summed E-state index contributed by atoms with van der Waals surface area (Å²) in [4.78, 5) is 11.2. The van der Waals surface area contributed by atoms with E-state index in [0.717, 1.165) is 12.8 Å². The standard InChI is InChI=1S/C16H22F2N2O2/c1-11(21)20-16(19)8-3-4-12(7-9-16)22-10-13-14(17)5-2-6-15(13)18/h2,5-6,12H,3-4,7-10,19H2,1H3,(H,20,21). The summed E-state index contributed by atoms with van der Waals surface area (Å²) < 4.78 is 32.8. The summed E-state index contributed by atoms with van der Waals surface area (Å²) in [6.45, 7) is 1.34. The first kappa shape index (κ1) is 16.8. The molecule has 0 aromatic heterocycles. The number of benzene rings is 1. The number of hydrogen-bond acceptors (Lipinski definition) is 3. The number of hydrogen-bond donors (Lipinski definition) is 2. The smallest absolute Gasteiger partial charge is 0.218 e. The highest BCUT2D eigenvalue weighted by Crippen LogP contribution is 2.26. The molecule has 1 amide bonds. The normalized spacial score (nSPS) is 25.5. The van der Waals surface area contributed by atoms with Crippen molar-refractivity contribution in [2.75, 3.05) is 0 Å². The Kier molecular flexibility index (Phi) is 5.47. The molecule has 1 aromatic rings. The van der Waals surface area contributed by atoms with Gasteiger partial charge in [0.15, 0.2) is 0 Å². The third-order valence-corrected chi connectivity index (χ3v) is 4.01. The van der Waals surface area contributed by atoms with Crippen LogP contribution in [0.15, 0.2) is 18.2 Å². The van der Waals surface area contributed by atoms with E-state index >= 15 is 0 Å². The van der Waals surface area contributed by atoms with Crippen molar-refractivity contribution >= 4 is 5.91 Å². The second-order valence-electron chi connectivity index (χ2n) is 5.90. The summed E-state index contributed by atoms with van der Waals surface area (Å²) >= 11 is 0. The molecule has 0 saturated heterocycles. The van der Waals surface area contributed by atoms with Crippen LogP contribution in [0.2, 0.25) is 0 Å². The minimum atomic E-state index is -0.715. The second kappa shape index (κ2) is 7.15. The van der Waals surface area contributed by atoms with Crippen molar-refractivity contribution in [3.05, 3.63) is 35.4 Å². The van der Waals surface area contributed by atoms with Crippen molar-refractivity contribution in [3.8, 4) is 0 Å². The quantitative estimate of drug-likeness (QED) is 0.663. The van der Waals surface area contributed by atoms with Gasteiger partial charge >= 0.3 is 0 Å². The molecule has 1 fully saturated rings. The molecule has 1 aromatic carbocycles. The van der Waals surface area contributed by atoms with Gasteiger partial charge in [0.25, 0.3) is 0 Å². The Hall–Kier alpha value is -1.53. The van der Waals surface area contributed by atoms with Crippen LogP contribution in [0.3, 0.4) is 0 Å². The highest BCUT2D eigenvalue weighted by molar-refractivity contribution is 5.73. The fraction of sp³-hybridized carbons (Fsp3) is 0.562. The third kappa shape index (κ3) is 4.48. The van der Waals surface area contributed by atoms with Gasteiger partial charge in [-0.25, -0.2) is 8.78 Å². The van der Waals surface area contributed by atoms with Crippen molar-refractivity contribution in [2.24, 2.45) is 5.73 Å². The van der Waals surface area contributed by atoms with Crippen LogP contribution in [0.4, 0.5) is 8.78 Å². The second-order valence-corrected chi connectivity index (χ2v) is 5.90. The highest BCUT2D eigenvalue weighted by Gasteiger charge is 2.30. The molecule has 0 radical (unpaired) electrons. The molecule has 6 heteroatoms. The summed E-state index contributed by atoms with van der Waals surface area (Å²) in [5, 5.41) is 2.77. The van der Waals surface area contributed by atoms with E-state index in [-0.39, 0.29) is 24.2 Å². The fourth-order valence-corrected chi connectivity index (χ4v) is 2.85. The van der Waals surface area contributed by atoms with Crippen molar-refractivity contribution in [1.82, 2.24) is 5.32 Å². The monoisotopic (exact) mass is 312 g/mol. The predicted octanol–water partition coefficient (Wildman–Crippen LogP) is 2.61. The molecule has 1 aliphatic carbocycles. The van der Waals surface area contributed by atoms with E-state index in [2.05, 4.69) is 5.32 Å². The van der Waals surface area contributed by atoms with E-state index in [9.17, 15) is 13.6 Å². The van der Waals surface area contributed by atoms with Gasteiger partial charge in [-0.2, -0.15) is 0 Å². The minimum absolute atomic E-state index is 0.0485. The van der Waals surface area contributed by atoms with Gasteiger partial charge in [-0.05, 0) is 44.2 Å². The van der Waals surface area contributed by atoms with E-state index in [0.29, 0.717) is 19.3 Å². The number of carbonyl (C=O) groups is 1. The molecule has 2 rings (SSSR count). The number of amides is 1. The number of nitrogens with one attached hydrogen (secondary N) is 1. The van der Waals surface area contributed by atoms with Gasteiger partial charge in [0.1, 0.15) is 11.6 Å². The Morgan fingerprint density at radius 2 is 2.05 bits per heavy atom. The van der Waals surface area contributed by atoms with Crippen LogP contribution in [-0.2, 0) is 16.1 Å². The lowest BCUT2D eigenvalue weighted by molar-refractivity contribution is -0.121. The maximum absolute atomic E-state index is 13.6. The maximum Gasteiger partial charge on any atom is 0.218 e. The molecule has 0 aliphatic heterocycles. The number of halogens is 2. The van der Waals surface area contributed by atoms with Crippen LogP contribution in [0.25, 0.3) is 0 Å². The molecule has 2 unspecified atom stereocenters. The van der Waals surface area contributed by atoms with Crippen LogP contribution in [0.5, 0.6) is 0 Å². The SMILES string of the molecule is CC(=O)NC1(N)CCCC(OCc2c(F)cccc2F)CC1. The van der Waals surface area contributed by atoms with E-state index in [1.165, 1.54) is 25.1 Å². The molecular formula is C16H22F2N2O2. The lowest BCUT2D eigenvalue weighted by atomic mass is 10.0. The van der Waals surface area contributed by atoms with Crippen LogP contribution in [-0.4, -0.2) is 17.7 Å². The summed E-state index contributed by atoms with van der Waals surface area (Å²) in [5.41, 5.74) is 5.41. The maximum atomic E-state index is 13.6. The zero-order valence-corrected chi connectivity index (χ0v) is 12.7. The Labute approximate surface area is 129 Å². The molecule has 22 heavy (non-hydrogen) atoms. The van der Waals surface area contributed by atoms with E-state index in [1.807, 2.05) is 0 Å². The zero-order valence-electron chi connectivity index (χ0n) is 12.7. The fourth-order valence-electron chi connectivity index (χ4n) is 2.85. The van der Waals surface area contributed by atoms with Crippen LogP contribution in [0.1, 0.15) is 44.6 Å². The highest BCUT2D eigenvalue weighted by atomic mass is 19.1. The average Bonchev–Trinajstić information content (AvgIpc) is 2.59. The van der Waals surface area contributed by atoms with E-state index < -0.39 is 17.3 Å². The van der Waals surface area contributed by atoms with Gasteiger partial charge in [0, 0.05) is 12.5 Å². The summed E-state index contributed by atoms with van der Waals surface area (Å²) in [6.07, 6.45) is 3.33. The lowest BCUT2D eigenvalue weighted by Gasteiger charge is -2.28. The van der Waals surface area contributed by atoms with Crippen molar-refractivity contribution < 1.29 is 18.3 Å². The third-order valence-electron chi connectivity index (χ3n) is 4.01. The largest absolute Gasteiger partial charge is 0.373 e. The molecule has 3 N–H and O–H groups in total. The number of nitrogens with two attached hydrogens (primary N) is 1. The Balaban J connectivity index is 1.91. The Morgan fingerprint density at radius 1 is 1.36 bits per heavy atom.